The first-order chi connectivity index (χ1) is 6.45. The van der Waals surface area contributed by atoms with Crippen LogP contribution in [-0.2, 0) is 0 Å². The van der Waals surface area contributed by atoms with E-state index in [2.05, 4.69) is 34.6 Å². The van der Waals surface area contributed by atoms with E-state index in [1.54, 1.807) is 0 Å². The van der Waals surface area contributed by atoms with Crippen LogP contribution in [0.25, 0.3) is 0 Å². The zero-order valence-corrected chi connectivity index (χ0v) is 11.3. The molecule has 0 heterocycles. The normalized spacial score (nSPS) is 11.7. The second-order valence-corrected chi connectivity index (χ2v) is 5.80. The van der Waals surface area contributed by atoms with Crippen molar-refractivity contribution in [2.75, 3.05) is 0 Å². The molecule has 0 atom stereocenters. The van der Waals surface area contributed by atoms with Crippen LogP contribution >= 0.6 is 12.2 Å². The van der Waals surface area contributed by atoms with Gasteiger partial charge in [0.05, 0.1) is 0 Å². The van der Waals surface area contributed by atoms with Crippen LogP contribution in [-0.4, -0.2) is 4.86 Å². The number of rotatable bonds is 7. The molecule has 0 rings (SSSR count). The van der Waals surface area contributed by atoms with Gasteiger partial charge < -0.3 is 0 Å². The number of thiocarbonyl (C=S) groups is 1. The van der Waals surface area contributed by atoms with Crippen LogP contribution in [0, 0.1) is 17.8 Å². The van der Waals surface area contributed by atoms with Crippen molar-refractivity contribution < 1.29 is 0 Å². The van der Waals surface area contributed by atoms with Gasteiger partial charge in [0.25, 0.3) is 0 Å². The summed E-state index contributed by atoms with van der Waals surface area (Å²) in [5.41, 5.74) is 0. The van der Waals surface area contributed by atoms with E-state index in [-0.39, 0.29) is 0 Å². The van der Waals surface area contributed by atoms with E-state index < -0.39 is 0 Å². The highest BCUT2D eigenvalue weighted by Gasteiger charge is 2.16. The van der Waals surface area contributed by atoms with Gasteiger partial charge in [-0.05, 0) is 48.8 Å². The predicted octanol–water partition coefficient (Wildman–Crippen LogP) is 4.86. The van der Waals surface area contributed by atoms with Crippen LogP contribution in [0.4, 0.5) is 0 Å². The molecular formula is C13H26S. The Morgan fingerprint density at radius 1 is 1.00 bits per heavy atom. The first-order valence-electron chi connectivity index (χ1n) is 5.94. The molecule has 0 aliphatic rings. The monoisotopic (exact) mass is 214 g/mol. The predicted molar refractivity (Wildman–Crippen MR) is 69.9 cm³/mol. The maximum absolute atomic E-state index is 5.08. The first-order valence-corrected chi connectivity index (χ1v) is 6.35. The summed E-state index contributed by atoms with van der Waals surface area (Å²) in [6, 6.07) is 0. The number of unbranched alkanes of at least 4 members (excludes halogenated alkanes) is 1. The Morgan fingerprint density at radius 3 is 1.86 bits per heavy atom. The quantitative estimate of drug-likeness (QED) is 0.430. The third-order valence-electron chi connectivity index (χ3n) is 3.03. The lowest BCUT2D eigenvalue weighted by molar-refractivity contribution is 0.262. The summed E-state index contributed by atoms with van der Waals surface area (Å²) < 4.78 is 0. The van der Waals surface area contributed by atoms with E-state index in [9.17, 15) is 0 Å². The Kier molecular flexibility index (Phi) is 7.44. The molecule has 0 N–H and O–H groups in total. The third-order valence-corrected chi connectivity index (χ3v) is 3.23. The van der Waals surface area contributed by atoms with Crippen LogP contribution in [0.3, 0.4) is 0 Å². The minimum absolute atomic E-state index is 0.823. The molecule has 0 saturated heterocycles. The molecule has 0 spiro atoms. The van der Waals surface area contributed by atoms with Gasteiger partial charge in [0, 0.05) is 0 Å². The van der Waals surface area contributed by atoms with E-state index >= 15 is 0 Å². The number of hydrogen-bond donors (Lipinski definition) is 0. The minimum atomic E-state index is 0.823. The van der Waals surface area contributed by atoms with Crippen molar-refractivity contribution in [3.05, 3.63) is 0 Å². The summed E-state index contributed by atoms with van der Waals surface area (Å²) >= 11 is 5.08. The van der Waals surface area contributed by atoms with Crippen molar-refractivity contribution in [1.82, 2.24) is 0 Å². The van der Waals surface area contributed by atoms with E-state index in [4.69, 9.17) is 12.2 Å². The molecule has 0 nitrogen and oxygen atoms in total. The minimum Gasteiger partial charge on any atom is -0.0900 e. The molecule has 0 fully saturated rings. The van der Waals surface area contributed by atoms with E-state index in [1.165, 1.54) is 19.3 Å². The summed E-state index contributed by atoms with van der Waals surface area (Å²) in [6.45, 7) is 11.4. The first kappa shape index (κ1) is 14.1. The molecule has 0 saturated carbocycles. The average molecular weight is 214 g/mol. The Bertz CT molecular complexity index is 151. The molecule has 0 aromatic rings. The summed E-state index contributed by atoms with van der Waals surface area (Å²) in [4.78, 5) is 1.16. The molecule has 0 amide bonds. The lowest BCUT2D eigenvalue weighted by Gasteiger charge is -2.24. The molecular weight excluding hydrogens is 188 g/mol. The van der Waals surface area contributed by atoms with E-state index in [1.807, 2.05) is 0 Å². The van der Waals surface area contributed by atoms with Crippen molar-refractivity contribution in [2.24, 2.45) is 17.8 Å². The average Bonchev–Trinajstić information content (AvgIpc) is 2.01. The van der Waals surface area contributed by atoms with Gasteiger partial charge in [-0.3, -0.25) is 0 Å². The lowest BCUT2D eigenvalue weighted by atomic mass is 9.82. The maximum atomic E-state index is 5.08. The molecule has 0 aliphatic heterocycles. The zero-order chi connectivity index (χ0) is 11.1. The summed E-state index contributed by atoms with van der Waals surface area (Å²) in [5, 5.41) is 0. The SMILES string of the molecule is CC(=S)CCCCC(C(C)C)C(C)C. The van der Waals surface area contributed by atoms with Gasteiger partial charge >= 0.3 is 0 Å². The fourth-order valence-corrected chi connectivity index (χ4v) is 2.33. The highest BCUT2D eigenvalue weighted by molar-refractivity contribution is 7.80. The van der Waals surface area contributed by atoms with Gasteiger partial charge in [-0.25, -0.2) is 0 Å². The molecule has 1 heteroatoms. The lowest BCUT2D eigenvalue weighted by Crippen LogP contribution is -2.15. The highest BCUT2D eigenvalue weighted by atomic mass is 32.1. The Morgan fingerprint density at radius 2 is 1.50 bits per heavy atom. The standard InChI is InChI=1S/C13H26S/c1-10(2)13(11(3)4)9-7-6-8-12(5)14/h10-11,13H,6-9H2,1-5H3. The highest BCUT2D eigenvalue weighted by Crippen LogP contribution is 2.26. The summed E-state index contributed by atoms with van der Waals surface area (Å²) in [6.07, 6.45) is 5.14. The fraction of sp³-hybridized carbons (Fsp3) is 0.923. The summed E-state index contributed by atoms with van der Waals surface area (Å²) in [5.74, 6) is 2.53. The number of hydrogen-bond acceptors (Lipinski definition) is 1. The molecule has 0 aliphatic carbocycles. The summed E-state index contributed by atoms with van der Waals surface area (Å²) in [7, 11) is 0. The van der Waals surface area contributed by atoms with Gasteiger partial charge in [-0.1, -0.05) is 46.3 Å². The van der Waals surface area contributed by atoms with Gasteiger partial charge in [-0.2, -0.15) is 0 Å². The molecule has 14 heavy (non-hydrogen) atoms. The second kappa shape index (κ2) is 7.39. The van der Waals surface area contributed by atoms with E-state index in [0.717, 1.165) is 29.0 Å². The van der Waals surface area contributed by atoms with Crippen LogP contribution < -0.4 is 0 Å². The zero-order valence-electron chi connectivity index (χ0n) is 10.5. The van der Waals surface area contributed by atoms with Crippen molar-refractivity contribution in [1.29, 1.82) is 0 Å². The Labute approximate surface area is 95.5 Å². The molecule has 0 bridgehead atoms. The van der Waals surface area contributed by atoms with Gasteiger partial charge in [0.15, 0.2) is 0 Å². The topological polar surface area (TPSA) is 0 Å². The molecule has 0 unspecified atom stereocenters. The van der Waals surface area contributed by atoms with Crippen molar-refractivity contribution in [3.63, 3.8) is 0 Å². The molecule has 0 aromatic heterocycles. The van der Waals surface area contributed by atoms with Gasteiger partial charge in [0.2, 0.25) is 0 Å². The fourth-order valence-electron chi connectivity index (χ4n) is 2.19. The van der Waals surface area contributed by atoms with Gasteiger partial charge in [0.1, 0.15) is 0 Å². The van der Waals surface area contributed by atoms with Crippen LogP contribution in [0.5, 0.6) is 0 Å². The van der Waals surface area contributed by atoms with Crippen LogP contribution in [0.15, 0.2) is 0 Å². The van der Waals surface area contributed by atoms with Crippen LogP contribution in [0.1, 0.15) is 60.3 Å². The van der Waals surface area contributed by atoms with Crippen LogP contribution in [0.2, 0.25) is 0 Å². The molecule has 0 aromatic carbocycles. The third kappa shape index (κ3) is 6.53. The second-order valence-electron chi connectivity index (χ2n) is 5.10. The largest absolute Gasteiger partial charge is 0.0900 e. The van der Waals surface area contributed by atoms with Gasteiger partial charge in [-0.15, -0.1) is 0 Å². The van der Waals surface area contributed by atoms with E-state index in [0.29, 0.717) is 0 Å². The molecule has 0 radical (unpaired) electrons. The maximum Gasteiger partial charge on any atom is -0.0102 e. The van der Waals surface area contributed by atoms with Crippen molar-refractivity contribution in [3.8, 4) is 0 Å². The van der Waals surface area contributed by atoms with Crippen molar-refractivity contribution in [2.45, 2.75) is 60.3 Å². The Hall–Kier alpha value is 0.0900. The Balaban J connectivity index is 3.67. The smallest absolute Gasteiger partial charge is 0.0102 e. The molecule has 84 valence electrons. The van der Waals surface area contributed by atoms with Crippen molar-refractivity contribution >= 4 is 17.1 Å².